The van der Waals surface area contributed by atoms with Gasteiger partial charge in [-0.2, -0.15) is 0 Å². The SMILES string of the molecule is O=C(NCc1ccccc1)NC1(C(=O)N2CCCCC2)CCCC1. The molecule has 1 aliphatic carbocycles. The summed E-state index contributed by atoms with van der Waals surface area (Å²) in [6, 6.07) is 9.57. The van der Waals surface area contributed by atoms with Crippen molar-refractivity contribution in [1.82, 2.24) is 15.5 Å². The van der Waals surface area contributed by atoms with Crippen LogP contribution in [-0.2, 0) is 11.3 Å². The molecule has 0 atom stereocenters. The number of nitrogens with one attached hydrogen (secondary N) is 2. The quantitative estimate of drug-likeness (QED) is 0.892. The van der Waals surface area contributed by atoms with E-state index in [4.69, 9.17) is 0 Å². The molecule has 1 saturated carbocycles. The molecule has 2 aliphatic rings. The zero-order valence-electron chi connectivity index (χ0n) is 14.2. The summed E-state index contributed by atoms with van der Waals surface area (Å²) in [6.07, 6.45) is 6.84. The minimum atomic E-state index is -0.696. The Morgan fingerprint density at radius 1 is 0.958 bits per heavy atom. The summed E-state index contributed by atoms with van der Waals surface area (Å²) in [4.78, 5) is 27.3. The Balaban J connectivity index is 1.60. The van der Waals surface area contributed by atoms with Crippen molar-refractivity contribution < 1.29 is 9.59 Å². The van der Waals surface area contributed by atoms with Crippen molar-refractivity contribution in [3.05, 3.63) is 35.9 Å². The number of carbonyl (C=O) groups is 2. The minimum Gasteiger partial charge on any atom is -0.341 e. The van der Waals surface area contributed by atoms with E-state index >= 15 is 0 Å². The predicted octanol–water partition coefficient (Wildman–Crippen LogP) is 2.81. The van der Waals surface area contributed by atoms with Gasteiger partial charge in [-0.1, -0.05) is 43.2 Å². The van der Waals surface area contributed by atoms with Crippen molar-refractivity contribution >= 4 is 11.9 Å². The second kappa shape index (κ2) is 7.69. The lowest BCUT2D eigenvalue weighted by Gasteiger charge is -2.36. The van der Waals surface area contributed by atoms with Crippen molar-refractivity contribution in [3.8, 4) is 0 Å². The molecular weight excluding hydrogens is 302 g/mol. The Kier molecular flexibility index (Phi) is 5.38. The van der Waals surface area contributed by atoms with E-state index in [-0.39, 0.29) is 11.9 Å². The smallest absolute Gasteiger partial charge is 0.315 e. The van der Waals surface area contributed by atoms with E-state index in [0.29, 0.717) is 6.54 Å². The molecule has 5 nitrogen and oxygen atoms in total. The molecule has 0 radical (unpaired) electrons. The maximum atomic E-state index is 13.0. The number of piperidine rings is 1. The van der Waals surface area contributed by atoms with Crippen LogP contribution >= 0.6 is 0 Å². The van der Waals surface area contributed by atoms with Gasteiger partial charge in [-0.15, -0.1) is 0 Å². The van der Waals surface area contributed by atoms with Crippen molar-refractivity contribution in [2.75, 3.05) is 13.1 Å². The van der Waals surface area contributed by atoms with Gasteiger partial charge in [0.25, 0.3) is 0 Å². The molecule has 0 unspecified atom stereocenters. The van der Waals surface area contributed by atoms with Crippen LogP contribution in [0.15, 0.2) is 30.3 Å². The molecule has 1 heterocycles. The number of rotatable bonds is 4. The minimum absolute atomic E-state index is 0.120. The van der Waals surface area contributed by atoms with Gasteiger partial charge in [0.05, 0.1) is 0 Å². The summed E-state index contributed by atoms with van der Waals surface area (Å²) in [6.45, 7) is 2.13. The van der Waals surface area contributed by atoms with Crippen LogP contribution in [0.2, 0.25) is 0 Å². The number of hydrogen-bond donors (Lipinski definition) is 2. The topological polar surface area (TPSA) is 61.4 Å². The number of likely N-dealkylation sites (tertiary alicyclic amines) is 1. The zero-order chi connectivity index (χ0) is 16.8. The lowest BCUT2D eigenvalue weighted by Crippen LogP contribution is -2.60. The Morgan fingerprint density at radius 3 is 2.29 bits per heavy atom. The van der Waals surface area contributed by atoms with Gasteiger partial charge in [0.1, 0.15) is 5.54 Å². The molecule has 1 aromatic rings. The maximum absolute atomic E-state index is 13.0. The second-order valence-corrected chi connectivity index (χ2v) is 6.94. The van der Waals surface area contributed by atoms with Crippen LogP contribution in [0.25, 0.3) is 0 Å². The highest BCUT2D eigenvalue weighted by Crippen LogP contribution is 2.32. The number of hydrogen-bond acceptors (Lipinski definition) is 2. The Hall–Kier alpha value is -2.04. The molecule has 24 heavy (non-hydrogen) atoms. The molecule has 1 saturated heterocycles. The fraction of sp³-hybridized carbons (Fsp3) is 0.579. The Bertz CT molecular complexity index is 561. The van der Waals surface area contributed by atoms with Gasteiger partial charge in [0, 0.05) is 19.6 Å². The lowest BCUT2D eigenvalue weighted by molar-refractivity contribution is -0.138. The molecule has 3 rings (SSSR count). The van der Waals surface area contributed by atoms with Gasteiger partial charge in [-0.25, -0.2) is 4.79 Å². The summed E-state index contributed by atoms with van der Waals surface area (Å²) < 4.78 is 0. The molecule has 5 heteroatoms. The molecule has 0 bridgehead atoms. The van der Waals surface area contributed by atoms with Crippen LogP contribution in [0.1, 0.15) is 50.5 Å². The summed E-state index contributed by atoms with van der Waals surface area (Å²) in [5, 5.41) is 5.91. The zero-order valence-corrected chi connectivity index (χ0v) is 14.2. The Morgan fingerprint density at radius 2 is 1.62 bits per heavy atom. The molecule has 0 aromatic heterocycles. The molecule has 130 valence electrons. The number of amides is 3. The van der Waals surface area contributed by atoms with Crippen molar-refractivity contribution in [2.45, 2.75) is 57.0 Å². The average molecular weight is 329 g/mol. The van der Waals surface area contributed by atoms with Crippen molar-refractivity contribution in [2.24, 2.45) is 0 Å². The predicted molar refractivity (Wildman–Crippen MR) is 93.4 cm³/mol. The standard InChI is InChI=1S/C19H27N3O2/c23-17(22-13-7-2-8-14-22)19(11-5-6-12-19)21-18(24)20-15-16-9-3-1-4-10-16/h1,3-4,9-10H,2,5-8,11-15H2,(H2,20,21,24). The van der Waals surface area contributed by atoms with Crippen molar-refractivity contribution in [1.29, 1.82) is 0 Å². The first-order valence-electron chi connectivity index (χ1n) is 9.09. The van der Waals surface area contributed by atoms with E-state index in [1.165, 1.54) is 6.42 Å². The highest BCUT2D eigenvalue weighted by Gasteiger charge is 2.44. The normalized spacial score (nSPS) is 19.8. The van der Waals surface area contributed by atoms with Crippen LogP contribution in [-0.4, -0.2) is 35.5 Å². The van der Waals surface area contributed by atoms with Gasteiger partial charge in [-0.3, -0.25) is 4.79 Å². The summed E-state index contributed by atoms with van der Waals surface area (Å²) in [5.41, 5.74) is 0.355. The third-order valence-electron chi connectivity index (χ3n) is 5.16. The molecule has 1 aliphatic heterocycles. The first kappa shape index (κ1) is 16.8. The lowest BCUT2D eigenvalue weighted by atomic mass is 9.94. The highest BCUT2D eigenvalue weighted by atomic mass is 16.2. The van der Waals surface area contributed by atoms with Crippen LogP contribution in [0, 0.1) is 0 Å². The fourth-order valence-corrected chi connectivity index (χ4v) is 3.81. The maximum Gasteiger partial charge on any atom is 0.315 e. The van der Waals surface area contributed by atoms with Gasteiger partial charge >= 0.3 is 6.03 Å². The third kappa shape index (κ3) is 3.89. The van der Waals surface area contributed by atoms with Crippen LogP contribution in [0.4, 0.5) is 4.79 Å². The van der Waals surface area contributed by atoms with Crippen LogP contribution in [0.3, 0.4) is 0 Å². The Labute approximate surface area is 143 Å². The number of benzene rings is 1. The summed E-state index contributed by atoms with van der Waals surface area (Å²) in [7, 11) is 0. The van der Waals surface area contributed by atoms with E-state index in [1.807, 2.05) is 35.2 Å². The van der Waals surface area contributed by atoms with E-state index in [1.54, 1.807) is 0 Å². The van der Waals surface area contributed by atoms with Crippen molar-refractivity contribution in [3.63, 3.8) is 0 Å². The van der Waals surface area contributed by atoms with E-state index in [0.717, 1.165) is 57.2 Å². The molecule has 3 amide bonds. The fourth-order valence-electron chi connectivity index (χ4n) is 3.81. The summed E-state index contributed by atoms with van der Waals surface area (Å²) in [5.74, 6) is 0.120. The summed E-state index contributed by atoms with van der Waals surface area (Å²) >= 11 is 0. The van der Waals surface area contributed by atoms with Gasteiger partial charge < -0.3 is 15.5 Å². The second-order valence-electron chi connectivity index (χ2n) is 6.94. The van der Waals surface area contributed by atoms with E-state index in [2.05, 4.69) is 10.6 Å². The monoisotopic (exact) mass is 329 g/mol. The first-order chi connectivity index (χ1) is 11.7. The molecular formula is C19H27N3O2. The van der Waals surface area contributed by atoms with E-state index in [9.17, 15) is 9.59 Å². The van der Waals surface area contributed by atoms with Gasteiger partial charge in [0.2, 0.25) is 5.91 Å². The van der Waals surface area contributed by atoms with E-state index < -0.39 is 5.54 Å². The third-order valence-corrected chi connectivity index (χ3v) is 5.16. The molecule has 0 spiro atoms. The largest absolute Gasteiger partial charge is 0.341 e. The number of nitrogens with zero attached hydrogens (tertiary/aromatic N) is 1. The molecule has 2 fully saturated rings. The average Bonchev–Trinajstić information content (AvgIpc) is 3.10. The number of carbonyl (C=O) groups excluding carboxylic acids is 2. The van der Waals surface area contributed by atoms with Gasteiger partial charge in [0.15, 0.2) is 0 Å². The highest BCUT2D eigenvalue weighted by molar-refractivity contribution is 5.91. The molecule has 1 aromatic carbocycles. The van der Waals surface area contributed by atoms with Crippen LogP contribution < -0.4 is 10.6 Å². The number of urea groups is 1. The van der Waals surface area contributed by atoms with Crippen LogP contribution in [0.5, 0.6) is 0 Å². The first-order valence-corrected chi connectivity index (χ1v) is 9.09. The molecule has 2 N–H and O–H groups in total. The van der Waals surface area contributed by atoms with Gasteiger partial charge in [-0.05, 0) is 37.7 Å².